The largest absolute Gasteiger partial charge is 0.481 e. The van der Waals surface area contributed by atoms with E-state index in [9.17, 15) is 24.3 Å². The van der Waals surface area contributed by atoms with E-state index in [1.807, 2.05) is 6.92 Å². The molecule has 0 aliphatic carbocycles. The van der Waals surface area contributed by atoms with Gasteiger partial charge in [-0.15, -0.1) is 0 Å². The molecule has 1 amide bonds. The summed E-state index contributed by atoms with van der Waals surface area (Å²) in [6, 6.07) is 0. The second-order valence-electron chi connectivity index (χ2n) is 9.17. The van der Waals surface area contributed by atoms with Crippen LogP contribution >= 0.6 is 0 Å². The molecule has 0 aliphatic rings. The van der Waals surface area contributed by atoms with Gasteiger partial charge in [0.1, 0.15) is 19.0 Å². The monoisotopic (exact) mass is 555 g/mol. The number of ketones is 2. The first-order valence-electron chi connectivity index (χ1n) is 13.7. The number of aliphatic carboxylic acids is 1. The summed E-state index contributed by atoms with van der Waals surface area (Å²) in [7, 11) is 0. The summed E-state index contributed by atoms with van der Waals surface area (Å²) in [5.74, 6) is -1.98. The Morgan fingerprint density at radius 2 is 1.62 bits per heavy atom. The van der Waals surface area contributed by atoms with Crippen LogP contribution in [0.5, 0.6) is 0 Å². The highest BCUT2D eigenvalue weighted by Gasteiger charge is 2.20. The third-order valence-electron chi connectivity index (χ3n) is 5.72. The highest BCUT2D eigenvalue weighted by Crippen LogP contribution is 2.17. The Bertz CT molecular complexity index is 802. The molecule has 0 aromatic carbocycles. The van der Waals surface area contributed by atoms with Crippen LogP contribution in [0, 0.1) is 5.92 Å². The molecule has 0 bridgehead atoms. The van der Waals surface area contributed by atoms with Crippen LogP contribution in [-0.2, 0) is 44.5 Å². The first-order valence-corrected chi connectivity index (χ1v) is 13.7. The average molecular weight is 556 g/mol. The molecule has 0 fully saturated rings. The smallest absolute Gasteiger partial charge is 0.306 e. The number of imidazole rings is 1. The van der Waals surface area contributed by atoms with Gasteiger partial charge in [-0.3, -0.25) is 19.2 Å². The zero-order chi connectivity index (χ0) is 28.6. The second kappa shape index (κ2) is 23.2. The zero-order valence-electron chi connectivity index (χ0n) is 23.1. The van der Waals surface area contributed by atoms with E-state index >= 15 is 0 Å². The number of carbonyl (C=O) groups excluding carboxylic acids is 3. The van der Waals surface area contributed by atoms with Crippen molar-refractivity contribution in [3.63, 3.8) is 0 Å². The fraction of sp³-hybridized carbons (Fsp3) is 0.741. The van der Waals surface area contributed by atoms with Crippen LogP contribution in [0.4, 0.5) is 0 Å². The number of aryl methyl sites for hydroxylation is 1. The highest BCUT2D eigenvalue weighted by molar-refractivity contribution is 5.84. The van der Waals surface area contributed by atoms with Gasteiger partial charge < -0.3 is 34.4 Å². The number of H-pyrrole nitrogens is 1. The molecular formula is C27H45N3O9. The van der Waals surface area contributed by atoms with Crippen LogP contribution in [-0.4, -0.2) is 97.9 Å². The van der Waals surface area contributed by atoms with Crippen LogP contribution in [0.15, 0.2) is 12.5 Å². The first kappa shape index (κ1) is 34.4. The van der Waals surface area contributed by atoms with E-state index in [1.54, 1.807) is 12.5 Å². The van der Waals surface area contributed by atoms with Crippen molar-refractivity contribution in [2.75, 3.05) is 59.4 Å². The lowest BCUT2D eigenvalue weighted by Crippen LogP contribution is -2.31. The number of carboxylic acids is 1. The summed E-state index contributed by atoms with van der Waals surface area (Å²) in [5, 5.41) is 12.1. The molecule has 0 saturated heterocycles. The number of hydrogen-bond acceptors (Lipinski definition) is 9. The lowest BCUT2D eigenvalue weighted by atomic mass is 9.94. The fourth-order valence-corrected chi connectivity index (χ4v) is 3.60. The predicted molar refractivity (Wildman–Crippen MR) is 142 cm³/mol. The van der Waals surface area contributed by atoms with Crippen molar-refractivity contribution >= 4 is 23.4 Å². The zero-order valence-corrected chi connectivity index (χ0v) is 23.1. The summed E-state index contributed by atoms with van der Waals surface area (Å²) in [6.45, 7) is 4.80. The van der Waals surface area contributed by atoms with Crippen molar-refractivity contribution in [3.8, 4) is 0 Å². The normalized spacial score (nSPS) is 11.8. The number of nitrogens with one attached hydrogen (secondary N) is 2. The Morgan fingerprint density at radius 1 is 0.897 bits per heavy atom. The predicted octanol–water partition coefficient (Wildman–Crippen LogP) is 2.11. The van der Waals surface area contributed by atoms with E-state index in [2.05, 4.69) is 15.3 Å². The van der Waals surface area contributed by atoms with Crippen LogP contribution in [0.25, 0.3) is 0 Å². The Balaban J connectivity index is 1.94. The molecule has 1 aromatic heterocycles. The molecule has 12 nitrogen and oxygen atoms in total. The standard InChI is InChI=1S/C27H45N3O9/c1-2-11-36-13-16-39-20-26(33)29-10-12-37-14-15-38-19-25(32)7-5-3-4-6-22(27(34)35)17-24(31)9-8-23-18-28-21-30-23/h18,21-22H,2-17,19-20H2,1H3,(H,28,30)(H,29,33)(H,34,35)/t22-/m1/s1. The minimum atomic E-state index is -0.961. The summed E-state index contributed by atoms with van der Waals surface area (Å²) in [5.41, 5.74) is 0.850. The molecule has 39 heavy (non-hydrogen) atoms. The summed E-state index contributed by atoms with van der Waals surface area (Å²) >= 11 is 0. The Morgan fingerprint density at radius 3 is 2.31 bits per heavy atom. The molecule has 12 heteroatoms. The molecule has 0 spiro atoms. The van der Waals surface area contributed by atoms with Gasteiger partial charge in [0, 0.05) is 44.3 Å². The van der Waals surface area contributed by atoms with Gasteiger partial charge in [-0.2, -0.15) is 0 Å². The number of nitrogens with zero attached hydrogens (tertiary/aromatic N) is 1. The molecule has 222 valence electrons. The SMILES string of the molecule is CCCOCCOCC(=O)NCCOCCOCC(=O)CCCCC[C@H](CC(=O)CCc1cnc[nH]1)C(=O)O. The van der Waals surface area contributed by atoms with Crippen molar-refractivity contribution in [2.24, 2.45) is 5.92 Å². The second-order valence-corrected chi connectivity index (χ2v) is 9.17. The van der Waals surface area contributed by atoms with E-state index in [0.717, 1.165) is 12.1 Å². The summed E-state index contributed by atoms with van der Waals surface area (Å²) < 4.78 is 21.1. The molecular weight excluding hydrogens is 510 g/mol. The maximum Gasteiger partial charge on any atom is 0.306 e. The number of carbonyl (C=O) groups is 4. The lowest BCUT2D eigenvalue weighted by molar-refractivity contribution is -0.144. The highest BCUT2D eigenvalue weighted by atomic mass is 16.5. The average Bonchev–Trinajstić information content (AvgIpc) is 3.44. The number of aromatic amines is 1. The molecule has 1 aromatic rings. The van der Waals surface area contributed by atoms with Crippen molar-refractivity contribution in [2.45, 2.75) is 64.7 Å². The number of aromatic nitrogens is 2. The maximum atomic E-state index is 12.1. The van der Waals surface area contributed by atoms with E-state index < -0.39 is 11.9 Å². The number of amides is 1. The molecule has 0 saturated carbocycles. The van der Waals surface area contributed by atoms with Gasteiger partial charge in [-0.1, -0.05) is 19.8 Å². The van der Waals surface area contributed by atoms with Gasteiger partial charge in [0.25, 0.3) is 0 Å². The Hall–Kier alpha value is -2.67. The summed E-state index contributed by atoms with van der Waals surface area (Å²) in [4.78, 5) is 54.0. The Kier molecular flexibility index (Phi) is 20.5. The molecule has 1 rings (SSSR count). The van der Waals surface area contributed by atoms with Gasteiger partial charge in [0.05, 0.1) is 45.3 Å². The number of carboxylic acid groups (broad SMARTS) is 1. The molecule has 0 radical (unpaired) electrons. The van der Waals surface area contributed by atoms with Crippen molar-refractivity contribution in [3.05, 3.63) is 18.2 Å². The minimum Gasteiger partial charge on any atom is -0.481 e. The maximum absolute atomic E-state index is 12.1. The van der Waals surface area contributed by atoms with Gasteiger partial charge in [-0.05, 0) is 25.7 Å². The third kappa shape index (κ3) is 20.0. The van der Waals surface area contributed by atoms with Gasteiger partial charge in [0.15, 0.2) is 5.78 Å². The van der Waals surface area contributed by atoms with Crippen molar-refractivity contribution in [1.29, 1.82) is 0 Å². The number of unbranched alkanes of at least 4 members (excludes halogenated alkanes) is 2. The van der Waals surface area contributed by atoms with E-state index in [1.165, 1.54) is 0 Å². The van der Waals surface area contributed by atoms with E-state index in [0.29, 0.717) is 78.1 Å². The topological polar surface area (TPSA) is 166 Å². The Labute approximate surface area is 230 Å². The minimum absolute atomic E-state index is 0.00197. The van der Waals surface area contributed by atoms with Crippen molar-refractivity contribution in [1.82, 2.24) is 15.3 Å². The number of rotatable bonds is 27. The van der Waals surface area contributed by atoms with Crippen LogP contribution in [0.1, 0.15) is 64.0 Å². The van der Waals surface area contributed by atoms with E-state index in [-0.39, 0.29) is 50.1 Å². The first-order chi connectivity index (χ1) is 18.9. The third-order valence-corrected chi connectivity index (χ3v) is 5.72. The van der Waals surface area contributed by atoms with E-state index in [4.69, 9.17) is 18.9 Å². The fourth-order valence-electron chi connectivity index (χ4n) is 3.60. The van der Waals surface area contributed by atoms with Gasteiger partial charge >= 0.3 is 5.97 Å². The van der Waals surface area contributed by atoms with Crippen LogP contribution < -0.4 is 5.32 Å². The summed E-state index contributed by atoms with van der Waals surface area (Å²) in [6.07, 6.45) is 7.74. The van der Waals surface area contributed by atoms with Crippen LogP contribution in [0.3, 0.4) is 0 Å². The molecule has 0 unspecified atom stereocenters. The quantitative estimate of drug-likeness (QED) is 0.137. The van der Waals surface area contributed by atoms with Crippen LogP contribution in [0.2, 0.25) is 0 Å². The molecule has 0 aliphatic heterocycles. The molecule has 1 atom stereocenters. The van der Waals surface area contributed by atoms with Gasteiger partial charge in [-0.25, -0.2) is 4.98 Å². The number of ether oxygens (including phenoxy) is 4. The number of Topliss-reactive ketones (excluding diaryl/α,β-unsaturated/α-hetero) is 2. The lowest BCUT2D eigenvalue weighted by Gasteiger charge is -2.11. The van der Waals surface area contributed by atoms with Crippen molar-refractivity contribution < 1.29 is 43.2 Å². The van der Waals surface area contributed by atoms with Gasteiger partial charge in [0.2, 0.25) is 5.91 Å². The molecule has 3 N–H and O–H groups in total. The molecule has 1 heterocycles. The number of hydrogen-bond donors (Lipinski definition) is 3.